The molecule has 1 heterocycles. The summed E-state index contributed by atoms with van der Waals surface area (Å²) in [4.78, 5) is 42.0. The molecule has 2 saturated carbocycles. The van der Waals surface area contributed by atoms with E-state index in [2.05, 4.69) is 24.8 Å². The molecule has 34 heavy (non-hydrogen) atoms. The molecule has 188 valence electrons. The van der Waals surface area contributed by atoms with Crippen LogP contribution in [0.5, 0.6) is 0 Å². The third-order valence-corrected chi connectivity index (χ3v) is 9.83. The van der Waals surface area contributed by atoms with Gasteiger partial charge in [0.1, 0.15) is 0 Å². The Morgan fingerprint density at radius 3 is 2.47 bits per heavy atom. The van der Waals surface area contributed by atoms with Gasteiger partial charge in [-0.25, -0.2) is 0 Å². The molecule has 4 aliphatic rings. The lowest BCUT2D eigenvalue weighted by Gasteiger charge is -2.58. The van der Waals surface area contributed by atoms with Gasteiger partial charge in [0.05, 0.1) is 0 Å². The molecule has 0 unspecified atom stereocenters. The number of ketones is 1. The zero-order valence-corrected chi connectivity index (χ0v) is 22.2. The van der Waals surface area contributed by atoms with Crippen LogP contribution in [-0.4, -0.2) is 66.8 Å². The second kappa shape index (κ2) is 8.77. The molecule has 1 aliphatic heterocycles. The van der Waals surface area contributed by atoms with Gasteiger partial charge in [0, 0.05) is 42.0 Å². The van der Waals surface area contributed by atoms with Crippen LogP contribution in [0.3, 0.4) is 0 Å². The number of carbonyl (C=O) groups excluding carboxylic acids is 3. The summed E-state index contributed by atoms with van der Waals surface area (Å²) in [5, 5.41) is 0.669. The first-order valence-electron chi connectivity index (χ1n) is 12.6. The quantitative estimate of drug-likeness (QED) is 0.522. The number of nitrogens with zero attached hydrogens (tertiary/aromatic N) is 2. The van der Waals surface area contributed by atoms with Gasteiger partial charge in [0.15, 0.2) is 11.4 Å². The normalized spacial score (nSPS) is 39.1. The second-order valence-corrected chi connectivity index (χ2v) is 12.1. The Labute approximate surface area is 208 Å². The van der Waals surface area contributed by atoms with Crippen LogP contribution < -0.4 is 0 Å². The second-order valence-electron chi connectivity index (χ2n) is 11.7. The van der Waals surface area contributed by atoms with E-state index in [1.807, 2.05) is 19.0 Å². The van der Waals surface area contributed by atoms with Crippen molar-refractivity contribution < 1.29 is 19.1 Å². The van der Waals surface area contributed by atoms with Gasteiger partial charge in [-0.2, -0.15) is 0 Å². The molecule has 0 spiro atoms. The first-order chi connectivity index (χ1) is 15.9. The van der Waals surface area contributed by atoms with Crippen molar-refractivity contribution in [2.24, 2.45) is 28.6 Å². The lowest BCUT2D eigenvalue weighted by Crippen LogP contribution is -2.59. The number of amides is 1. The maximum atomic E-state index is 12.9. The molecule has 0 radical (unpaired) electrons. The summed E-state index contributed by atoms with van der Waals surface area (Å²) in [6.45, 7) is 9.70. The lowest BCUT2D eigenvalue weighted by molar-refractivity contribution is -0.185. The van der Waals surface area contributed by atoms with E-state index in [4.69, 9.17) is 16.3 Å². The summed E-state index contributed by atoms with van der Waals surface area (Å²) >= 11 is 6.88. The van der Waals surface area contributed by atoms with Gasteiger partial charge >= 0.3 is 5.97 Å². The zero-order valence-electron chi connectivity index (χ0n) is 21.4. The number of ether oxygens (including phenoxy) is 1. The van der Waals surface area contributed by atoms with Crippen LogP contribution in [0, 0.1) is 28.6 Å². The van der Waals surface area contributed by atoms with Crippen LogP contribution in [0.15, 0.2) is 22.8 Å². The zero-order chi connectivity index (χ0) is 25.1. The first-order valence-corrected chi connectivity index (χ1v) is 13.0. The minimum absolute atomic E-state index is 0.0446. The predicted molar refractivity (Wildman–Crippen MR) is 132 cm³/mol. The number of halogens is 1. The summed E-state index contributed by atoms with van der Waals surface area (Å²) in [6.07, 6.45) is 7.94. The summed E-state index contributed by atoms with van der Waals surface area (Å²) in [6, 6.07) is 0. The molecular formula is C27H39ClN2O4. The molecule has 2 fully saturated rings. The standard InChI is InChI=1S/C27H39ClN2O4/c1-17(31)27(34-18(2)32)11-9-21-19-14-23(28)22-15-24(33)30(13-7-12-29(5)6)16-25(22,3)20(19)8-10-26(21,27)4/h14-15,19-21H,7-13,16H2,1-6H3/t19-,20+,21+,25-,26+,27+/m1/s1. The van der Waals surface area contributed by atoms with Crippen molar-refractivity contribution in [1.82, 2.24) is 9.80 Å². The van der Waals surface area contributed by atoms with E-state index >= 15 is 0 Å². The fourth-order valence-electron chi connectivity index (χ4n) is 7.86. The topological polar surface area (TPSA) is 66.9 Å². The molecule has 6 nitrogen and oxygen atoms in total. The van der Waals surface area contributed by atoms with Crippen molar-refractivity contribution in [3.8, 4) is 0 Å². The van der Waals surface area contributed by atoms with Crippen molar-refractivity contribution in [3.05, 3.63) is 22.8 Å². The van der Waals surface area contributed by atoms with Crippen LogP contribution >= 0.6 is 11.6 Å². The SMILES string of the molecule is CC(=O)O[C@]1(C(C)=O)CC[C@H]2[C@@H]3C=C(Cl)C4=CC(=O)N(CCCN(C)C)C[C@]4(C)[C@H]3CC[C@@]21C. The van der Waals surface area contributed by atoms with E-state index in [1.165, 1.54) is 6.92 Å². The summed E-state index contributed by atoms with van der Waals surface area (Å²) < 4.78 is 5.86. The molecule has 0 bridgehead atoms. The van der Waals surface area contributed by atoms with Gasteiger partial charge in [-0.05, 0) is 83.0 Å². The van der Waals surface area contributed by atoms with Crippen molar-refractivity contribution in [1.29, 1.82) is 0 Å². The van der Waals surface area contributed by atoms with Crippen LogP contribution in [0.2, 0.25) is 0 Å². The highest BCUT2D eigenvalue weighted by molar-refractivity contribution is 6.32. The maximum absolute atomic E-state index is 12.9. The molecule has 0 aromatic carbocycles. The third-order valence-electron chi connectivity index (χ3n) is 9.50. The van der Waals surface area contributed by atoms with E-state index in [0.717, 1.165) is 44.3 Å². The Kier molecular flexibility index (Phi) is 6.56. The van der Waals surface area contributed by atoms with Crippen molar-refractivity contribution >= 4 is 29.3 Å². The molecule has 0 N–H and O–H groups in total. The molecule has 0 aromatic rings. The van der Waals surface area contributed by atoms with Gasteiger partial charge in [0.25, 0.3) is 0 Å². The van der Waals surface area contributed by atoms with E-state index < -0.39 is 17.0 Å². The molecule has 3 aliphatic carbocycles. The maximum Gasteiger partial charge on any atom is 0.303 e. The van der Waals surface area contributed by atoms with Gasteiger partial charge in [-0.1, -0.05) is 31.5 Å². The number of hydrogen-bond acceptors (Lipinski definition) is 5. The monoisotopic (exact) mass is 490 g/mol. The van der Waals surface area contributed by atoms with Crippen molar-refractivity contribution in [3.63, 3.8) is 0 Å². The number of rotatable bonds is 6. The third kappa shape index (κ3) is 3.76. The number of carbonyl (C=O) groups is 3. The number of esters is 1. The molecule has 7 heteroatoms. The number of fused-ring (bicyclic) bond motifs is 5. The average Bonchev–Trinajstić information content (AvgIpc) is 3.02. The fourth-order valence-corrected chi connectivity index (χ4v) is 8.27. The smallest absolute Gasteiger partial charge is 0.303 e. The lowest BCUT2D eigenvalue weighted by atomic mass is 9.48. The summed E-state index contributed by atoms with van der Waals surface area (Å²) in [5.41, 5.74) is -0.754. The Balaban J connectivity index is 1.67. The molecule has 0 aromatic heterocycles. The van der Waals surface area contributed by atoms with Crippen LogP contribution in [0.25, 0.3) is 0 Å². The predicted octanol–water partition coefficient (Wildman–Crippen LogP) is 4.18. The highest BCUT2D eigenvalue weighted by Gasteiger charge is 2.67. The molecule has 1 amide bonds. The summed E-state index contributed by atoms with van der Waals surface area (Å²) in [7, 11) is 4.09. The molecule has 0 saturated heterocycles. The van der Waals surface area contributed by atoms with E-state index in [1.54, 1.807) is 13.0 Å². The largest absolute Gasteiger partial charge is 0.451 e. The Morgan fingerprint density at radius 2 is 1.85 bits per heavy atom. The van der Waals surface area contributed by atoms with Gasteiger partial charge in [-0.3, -0.25) is 14.4 Å². The average molecular weight is 491 g/mol. The number of hydrogen-bond donors (Lipinski definition) is 0. The van der Waals surface area contributed by atoms with Crippen molar-refractivity contribution in [2.45, 2.75) is 65.4 Å². The number of Topliss-reactive ketones (excluding diaryl/α,β-unsaturated/α-hetero) is 1. The highest BCUT2D eigenvalue weighted by Crippen LogP contribution is 2.67. The van der Waals surface area contributed by atoms with Crippen LogP contribution in [0.1, 0.15) is 59.8 Å². The van der Waals surface area contributed by atoms with E-state index in [-0.39, 0.29) is 28.9 Å². The van der Waals surface area contributed by atoms with E-state index in [9.17, 15) is 14.4 Å². The van der Waals surface area contributed by atoms with Crippen LogP contribution in [-0.2, 0) is 19.1 Å². The fraction of sp³-hybridized carbons (Fsp3) is 0.741. The summed E-state index contributed by atoms with van der Waals surface area (Å²) in [5.74, 6) is 0.294. The Bertz CT molecular complexity index is 958. The Hall–Kier alpha value is -1.66. The van der Waals surface area contributed by atoms with Crippen LogP contribution in [0.4, 0.5) is 0 Å². The minimum Gasteiger partial charge on any atom is -0.451 e. The van der Waals surface area contributed by atoms with Gasteiger partial charge in [0.2, 0.25) is 5.91 Å². The molecule has 4 rings (SSSR count). The van der Waals surface area contributed by atoms with E-state index in [0.29, 0.717) is 23.9 Å². The molecular weight excluding hydrogens is 452 g/mol. The first kappa shape index (κ1) is 25.4. The van der Waals surface area contributed by atoms with Crippen molar-refractivity contribution in [2.75, 3.05) is 33.7 Å². The van der Waals surface area contributed by atoms with Gasteiger partial charge < -0.3 is 14.5 Å². The number of allylic oxidation sites excluding steroid dienone is 2. The highest BCUT2D eigenvalue weighted by atomic mass is 35.5. The Morgan fingerprint density at radius 1 is 1.18 bits per heavy atom. The molecule has 6 atom stereocenters. The minimum atomic E-state index is -1.06. The van der Waals surface area contributed by atoms with Gasteiger partial charge in [-0.15, -0.1) is 0 Å².